The van der Waals surface area contributed by atoms with Crippen molar-refractivity contribution >= 4 is 39.1 Å². The minimum atomic E-state index is 0.395. The molecule has 0 bridgehead atoms. The molecule has 0 fully saturated rings. The average molecular weight is 409 g/mol. The topological polar surface area (TPSA) is 30.5 Å². The van der Waals surface area contributed by atoms with E-state index >= 15 is 0 Å². The zero-order valence-electron chi connectivity index (χ0n) is 12.7. The highest BCUT2D eigenvalue weighted by Gasteiger charge is 2.08. The summed E-state index contributed by atoms with van der Waals surface area (Å²) < 4.78 is 12.0. The Morgan fingerprint density at radius 3 is 2.55 bits per heavy atom. The molecule has 0 aliphatic carbocycles. The minimum absolute atomic E-state index is 0.395. The third kappa shape index (κ3) is 7.05. The first-order valence-corrected chi connectivity index (χ1v) is 8.51. The van der Waals surface area contributed by atoms with Gasteiger partial charge in [-0.15, -0.1) is 0 Å². The predicted molar refractivity (Wildman–Crippen MR) is 97.4 cm³/mol. The lowest BCUT2D eigenvalue weighted by atomic mass is 10.2. The van der Waals surface area contributed by atoms with Crippen molar-refractivity contribution in [1.29, 1.82) is 0 Å². The number of rotatable bonds is 9. The fraction of sp³-hybridized carbons (Fsp3) is 0.375. The molecule has 6 heteroatoms. The van der Waals surface area contributed by atoms with Gasteiger partial charge in [-0.05, 0) is 46.1 Å². The van der Waals surface area contributed by atoms with Crippen molar-refractivity contribution in [2.45, 2.75) is 13.3 Å². The van der Waals surface area contributed by atoms with E-state index in [-0.39, 0.29) is 0 Å². The summed E-state index contributed by atoms with van der Waals surface area (Å²) in [5.41, 5.74) is 1.09. The van der Waals surface area contributed by atoms with Crippen molar-refractivity contribution in [2.75, 3.05) is 26.9 Å². The molecule has 0 saturated heterocycles. The number of aryl methyl sites for hydroxylation is 1. The number of benzene rings is 1. The van der Waals surface area contributed by atoms with Gasteiger partial charge in [0.15, 0.2) is 5.75 Å². The van der Waals surface area contributed by atoms with E-state index in [1.54, 1.807) is 0 Å². The van der Waals surface area contributed by atoms with Crippen molar-refractivity contribution in [3.63, 3.8) is 0 Å². The van der Waals surface area contributed by atoms with E-state index in [1.807, 2.05) is 44.5 Å². The maximum Gasteiger partial charge on any atom is 0.156 e. The van der Waals surface area contributed by atoms with Gasteiger partial charge >= 0.3 is 0 Å². The lowest BCUT2D eigenvalue weighted by Gasteiger charge is -2.11. The van der Waals surface area contributed by atoms with Crippen LogP contribution in [0.1, 0.15) is 12.5 Å². The molecule has 0 heterocycles. The molecule has 0 unspecified atom stereocenters. The number of halogens is 3. The SMILES string of the molecule is CCc1cc(Cl)c(OCCOC/C=C\C(Br)=C/NC)c(Cl)c1. The third-order valence-electron chi connectivity index (χ3n) is 2.71. The van der Waals surface area contributed by atoms with Crippen molar-refractivity contribution in [3.8, 4) is 5.75 Å². The van der Waals surface area contributed by atoms with E-state index in [1.165, 1.54) is 0 Å². The predicted octanol–water partition coefficient (Wildman–Crippen LogP) is 4.96. The highest BCUT2D eigenvalue weighted by Crippen LogP contribution is 2.34. The van der Waals surface area contributed by atoms with E-state index in [2.05, 4.69) is 21.2 Å². The quantitative estimate of drug-likeness (QED) is 0.462. The highest BCUT2D eigenvalue weighted by molar-refractivity contribution is 9.11. The van der Waals surface area contributed by atoms with Crippen LogP contribution in [-0.4, -0.2) is 26.9 Å². The van der Waals surface area contributed by atoms with Crippen LogP contribution in [0.25, 0.3) is 0 Å². The summed E-state index contributed by atoms with van der Waals surface area (Å²) in [6, 6.07) is 3.75. The van der Waals surface area contributed by atoms with E-state index in [9.17, 15) is 0 Å². The largest absolute Gasteiger partial charge is 0.488 e. The summed E-state index contributed by atoms with van der Waals surface area (Å²) in [5.74, 6) is 0.513. The van der Waals surface area contributed by atoms with Gasteiger partial charge in [0.1, 0.15) is 6.61 Å². The first-order valence-electron chi connectivity index (χ1n) is 6.96. The van der Waals surface area contributed by atoms with Crippen LogP contribution >= 0.6 is 39.1 Å². The van der Waals surface area contributed by atoms with E-state index < -0.39 is 0 Å². The summed E-state index contributed by atoms with van der Waals surface area (Å²) in [4.78, 5) is 0. The van der Waals surface area contributed by atoms with Gasteiger partial charge in [-0.25, -0.2) is 0 Å². The molecule has 3 nitrogen and oxygen atoms in total. The standard InChI is InChI=1S/C16H20BrCl2NO2/c1-3-12-9-14(18)16(15(19)10-12)22-8-7-21-6-4-5-13(17)11-20-2/h4-5,9-11,20H,3,6-8H2,1-2H3/b5-4-,13-11+. The third-order valence-corrected chi connectivity index (χ3v) is 3.77. The summed E-state index contributed by atoms with van der Waals surface area (Å²) in [5, 5.41) is 3.99. The number of hydrogen-bond acceptors (Lipinski definition) is 3. The maximum absolute atomic E-state index is 6.16. The Bertz CT molecular complexity index is 510. The van der Waals surface area contributed by atoms with Crippen LogP contribution in [0.3, 0.4) is 0 Å². The van der Waals surface area contributed by atoms with Crippen LogP contribution in [-0.2, 0) is 11.2 Å². The molecule has 1 aromatic carbocycles. The molecule has 0 spiro atoms. The van der Waals surface area contributed by atoms with Gasteiger partial charge in [0.25, 0.3) is 0 Å². The van der Waals surface area contributed by atoms with Gasteiger partial charge in [-0.2, -0.15) is 0 Å². The fourth-order valence-electron chi connectivity index (χ4n) is 1.66. The van der Waals surface area contributed by atoms with Gasteiger partial charge in [0, 0.05) is 17.7 Å². The lowest BCUT2D eigenvalue weighted by molar-refractivity contribution is 0.121. The summed E-state index contributed by atoms with van der Waals surface area (Å²) in [7, 11) is 1.84. The van der Waals surface area contributed by atoms with E-state index in [0.717, 1.165) is 16.5 Å². The second-order valence-electron chi connectivity index (χ2n) is 4.39. The molecule has 0 aliphatic rings. The lowest BCUT2D eigenvalue weighted by Crippen LogP contribution is -2.07. The van der Waals surface area contributed by atoms with Gasteiger partial charge < -0.3 is 14.8 Å². The number of hydrogen-bond donors (Lipinski definition) is 1. The minimum Gasteiger partial charge on any atom is -0.488 e. The first kappa shape index (κ1) is 19.4. The molecule has 0 aromatic heterocycles. The fourth-order valence-corrected chi connectivity index (χ4v) is 2.71. The Hall–Kier alpha value is -0.680. The Labute approximate surface area is 150 Å². The Morgan fingerprint density at radius 2 is 1.95 bits per heavy atom. The van der Waals surface area contributed by atoms with Gasteiger partial charge in [-0.3, -0.25) is 0 Å². The molecular weight excluding hydrogens is 389 g/mol. The zero-order valence-corrected chi connectivity index (χ0v) is 15.8. The molecular formula is C16H20BrCl2NO2. The molecule has 0 radical (unpaired) electrons. The number of ether oxygens (including phenoxy) is 2. The van der Waals surface area contributed by atoms with Crippen molar-refractivity contribution in [1.82, 2.24) is 5.32 Å². The number of allylic oxidation sites excluding steroid dienone is 2. The average Bonchev–Trinajstić information content (AvgIpc) is 2.48. The molecule has 0 atom stereocenters. The Balaban J connectivity index is 2.32. The van der Waals surface area contributed by atoms with Crippen LogP contribution in [0.2, 0.25) is 10.0 Å². The van der Waals surface area contributed by atoms with Crippen molar-refractivity contribution in [2.24, 2.45) is 0 Å². The zero-order chi connectivity index (χ0) is 16.4. The summed E-state index contributed by atoms with van der Waals surface area (Å²) in [6.45, 7) is 3.41. The molecule has 22 heavy (non-hydrogen) atoms. The van der Waals surface area contributed by atoms with Crippen LogP contribution in [0, 0.1) is 0 Å². The van der Waals surface area contributed by atoms with E-state index in [0.29, 0.717) is 35.6 Å². The second kappa shape index (κ2) is 10.9. The summed E-state index contributed by atoms with van der Waals surface area (Å²) >= 11 is 15.7. The molecule has 122 valence electrons. The smallest absolute Gasteiger partial charge is 0.156 e. The molecule has 0 saturated carbocycles. The molecule has 1 rings (SSSR count). The number of nitrogens with one attached hydrogen (secondary N) is 1. The highest BCUT2D eigenvalue weighted by atomic mass is 79.9. The Kier molecular flexibility index (Phi) is 9.64. The monoisotopic (exact) mass is 407 g/mol. The van der Waals surface area contributed by atoms with Gasteiger partial charge in [-0.1, -0.05) is 36.2 Å². The van der Waals surface area contributed by atoms with Crippen LogP contribution in [0.4, 0.5) is 0 Å². The summed E-state index contributed by atoms with van der Waals surface area (Å²) in [6.07, 6.45) is 6.54. The maximum atomic E-state index is 6.16. The van der Waals surface area contributed by atoms with Crippen molar-refractivity contribution in [3.05, 3.63) is 50.6 Å². The molecule has 1 N–H and O–H groups in total. The second-order valence-corrected chi connectivity index (χ2v) is 6.12. The normalized spacial score (nSPS) is 12.0. The molecule has 1 aromatic rings. The van der Waals surface area contributed by atoms with Crippen molar-refractivity contribution < 1.29 is 9.47 Å². The van der Waals surface area contributed by atoms with E-state index in [4.69, 9.17) is 32.7 Å². The molecule has 0 aliphatic heterocycles. The Morgan fingerprint density at radius 1 is 1.27 bits per heavy atom. The van der Waals surface area contributed by atoms with Crippen LogP contribution in [0.5, 0.6) is 5.75 Å². The molecule has 0 amide bonds. The first-order chi connectivity index (χ1) is 10.6. The van der Waals surface area contributed by atoms with Gasteiger partial charge in [0.05, 0.1) is 23.3 Å². The van der Waals surface area contributed by atoms with Crippen LogP contribution in [0.15, 0.2) is 35.0 Å². The van der Waals surface area contributed by atoms with Crippen LogP contribution < -0.4 is 10.1 Å². The van der Waals surface area contributed by atoms with Gasteiger partial charge in [0.2, 0.25) is 0 Å².